The Balaban J connectivity index is 2.14. The van der Waals surface area contributed by atoms with Crippen molar-refractivity contribution in [2.24, 2.45) is 0 Å². The lowest BCUT2D eigenvalue weighted by Gasteiger charge is -2.06. The lowest BCUT2D eigenvalue weighted by atomic mass is 10.1. The van der Waals surface area contributed by atoms with Crippen LogP contribution in [0, 0.1) is 5.82 Å². The largest absolute Gasteiger partial charge is 0.395 e. The fraction of sp³-hybridized carbons (Fsp3) is 0.417. The van der Waals surface area contributed by atoms with Crippen molar-refractivity contribution in [3.63, 3.8) is 0 Å². The zero-order valence-corrected chi connectivity index (χ0v) is 9.58. The van der Waals surface area contributed by atoms with Crippen LogP contribution in [0.2, 0.25) is 0 Å². The van der Waals surface area contributed by atoms with E-state index in [-0.39, 0.29) is 25.0 Å². The number of aliphatic hydroxyl groups excluding tert-OH is 1. The Kier molecular flexibility index (Phi) is 6.03. The minimum absolute atomic E-state index is 0.0727. The molecule has 0 aliphatic rings. The average Bonchev–Trinajstić information content (AvgIpc) is 2.32. The molecule has 0 fully saturated rings. The van der Waals surface area contributed by atoms with Gasteiger partial charge in [0.2, 0.25) is 0 Å². The zero-order chi connectivity index (χ0) is 12.5. The molecule has 0 atom stereocenters. The van der Waals surface area contributed by atoms with Crippen molar-refractivity contribution in [2.45, 2.75) is 12.8 Å². The summed E-state index contributed by atoms with van der Waals surface area (Å²) < 4.78 is 12.8. The van der Waals surface area contributed by atoms with E-state index in [0.717, 1.165) is 18.4 Å². The highest BCUT2D eigenvalue weighted by atomic mass is 19.1. The Labute approximate surface area is 99.8 Å². The standard InChI is InChI=1S/C12H17FN2O2/c13-11-5-1-3-10(9-11)4-2-6-14-12(17)15-7-8-16/h1,3,5,9,16H,2,4,6-8H2,(H2,14,15,17). The number of halogens is 1. The number of carbonyl (C=O) groups is 1. The van der Waals surface area contributed by atoms with Crippen molar-refractivity contribution in [1.29, 1.82) is 0 Å². The monoisotopic (exact) mass is 240 g/mol. The van der Waals surface area contributed by atoms with Gasteiger partial charge in [0.25, 0.3) is 0 Å². The maximum atomic E-state index is 12.8. The number of urea groups is 1. The molecular formula is C12H17FN2O2. The van der Waals surface area contributed by atoms with Crippen LogP contribution in [0.15, 0.2) is 24.3 Å². The highest BCUT2D eigenvalue weighted by Crippen LogP contribution is 2.05. The van der Waals surface area contributed by atoms with E-state index in [2.05, 4.69) is 10.6 Å². The fourth-order valence-corrected chi connectivity index (χ4v) is 1.42. The van der Waals surface area contributed by atoms with E-state index >= 15 is 0 Å². The zero-order valence-electron chi connectivity index (χ0n) is 9.58. The number of benzene rings is 1. The topological polar surface area (TPSA) is 61.4 Å². The molecule has 1 aromatic rings. The highest BCUT2D eigenvalue weighted by Gasteiger charge is 1.99. The maximum absolute atomic E-state index is 12.8. The van der Waals surface area contributed by atoms with Crippen molar-refractivity contribution >= 4 is 6.03 Å². The number of hydrogen-bond acceptors (Lipinski definition) is 2. The van der Waals surface area contributed by atoms with E-state index in [1.165, 1.54) is 12.1 Å². The Morgan fingerprint density at radius 3 is 2.76 bits per heavy atom. The molecule has 0 heterocycles. The Morgan fingerprint density at radius 2 is 2.06 bits per heavy atom. The van der Waals surface area contributed by atoms with Crippen LogP contribution in [-0.4, -0.2) is 30.8 Å². The van der Waals surface area contributed by atoms with Crippen LogP contribution in [-0.2, 0) is 6.42 Å². The highest BCUT2D eigenvalue weighted by molar-refractivity contribution is 5.73. The van der Waals surface area contributed by atoms with Crippen molar-refractivity contribution in [3.8, 4) is 0 Å². The number of hydrogen-bond donors (Lipinski definition) is 3. The van der Waals surface area contributed by atoms with Gasteiger partial charge in [-0.3, -0.25) is 0 Å². The lowest BCUT2D eigenvalue weighted by molar-refractivity contribution is 0.234. The summed E-state index contributed by atoms with van der Waals surface area (Å²) in [4.78, 5) is 11.1. The summed E-state index contributed by atoms with van der Waals surface area (Å²) in [7, 11) is 0. The third-order valence-corrected chi connectivity index (χ3v) is 2.21. The van der Waals surface area contributed by atoms with Crippen molar-refractivity contribution in [3.05, 3.63) is 35.6 Å². The molecule has 0 saturated heterocycles. The number of carbonyl (C=O) groups excluding carboxylic acids is 1. The van der Waals surface area contributed by atoms with Gasteiger partial charge in [-0.2, -0.15) is 0 Å². The van der Waals surface area contributed by atoms with E-state index in [1.807, 2.05) is 6.07 Å². The number of aryl methyl sites for hydroxylation is 1. The molecular weight excluding hydrogens is 223 g/mol. The number of rotatable bonds is 6. The maximum Gasteiger partial charge on any atom is 0.314 e. The molecule has 0 unspecified atom stereocenters. The Hall–Kier alpha value is -1.62. The first-order valence-electron chi connectivity index (χ1n) is 5.59. The number of amides is 2. The first-order chi connectivity index (χ1) is 8.22. The molecule has 4 nitrogen and oxygen atoms in total. The number of nitrogens with one attached hydrogen (secondary N) is 2. The minimum atomic E-state index is -0.293. The van der Waals surface area contributed by atoms with Gasteiger partial charge in [0.1, 0.15) is 5.82 Å². The predicted octanol–water partition coefficient (Wildman–Crippen LogP) is 1.05. The van der Waals surface area contributed by atoms with Gasteiger partial charge in [-0.1, -0.05) is 12.1 Å². The molecule has 0 radical (unpaired) electrons. The van der Waals surface area contributed by atoms with E-state index in [1.54, 1.807) is 6.07 Å². The summed E-state index contributed by atoms with van der Waals surface area (Å²) in [6, 6.07) is 6.13. The van der Waals surface area contributed by atoms with E-state index in [4.69, 9.17) is 5.11 Å². The molecule has 17 heavy (non-hydrogen) atoms. The van der Waals surface area contributed by atoms with Crippen LogP contribution in [0.5, 0.6) is 0 Å². The van der Waals surface area contributed by atoms with E-state index in [9.17, 15) is 9.18 Å². The summed E-state index contributed by atoms with van der Waals surface area (Å²) in [5, 5.41) is 13.6. The van der Waals surface area contributed by atoms with Crippen molar-refractivity contribution < 1.29 is 14.3 Å². The molecule has 1 aromatic carbocycles. The van der Waals surface area contributed by atoms with Gasteiger partial charge in [0.05, 0.1) is 6.61 Å². The van der Waals surface area contributed by atoms with E-state index in [0.29, 0.717) is 6.54 Å². The van der Waals surface area contributed by atoms with Gasteiger partial charge < -0.3 is 15.7 Å². The van der Waals surface area contributed by atoms with Gasteiger partial charge in [-0.15, -0.1) is 0 Å². The molecule has 0 aliphatic carbocycles. The summed E-state index contributed by atoms with van der Waals surface area (Å²) in [5.74, 6) is -0.240. The Morgan fingerprint density at radius 1 is 1.29 bits per heavy atom. The van der Waals surface area contributed by atoms with Crippen LogP contribution in [0.1, 0.15) is 12.0 Å². The minimum Gasteiger partial charge on any atom is -0.395 e. The average molecular weight is 240 g/mol. The molecule has 1 rings (SSSR count). The van der Waals surface area contributed by atoms with Gasteiger partial charge in [-0.05, 0) is 30.5 Å². The summed E-state index contributed by atoms with van der Waals surface area (Å²) in [5.41, 5.74) is 0.919. The first kappa shape index (κ1) is 13.4. The third kappa shape index (κ3) is 5.87. The molecule has 2 amide bonds. The van der Waals surface area contributed by atoms with Crippen molar-refractivity contribution in [1.82, 2.24) is 10.6 Å². The molecule has 0 bridgehead atoms. The summed E-state index contributed by atoms with van der Waals surface area (Å²) >= 11 is 0. The smallest absolute Gasteiger partial charge is 0.314 e. The van der Waals surface area contributed by atoms with Crippen LogP contribution in [0.4, 0.5) is 9.18 Å². The van der Waals surface area contributed by atoms with Gasteiger partial charge in [0, 0.05) is 13.1 Å². The Bertz CT molecular complexity index is 358. The van der Waals surface area contributed by atoms with E-state index < -0.39 is 0 Å². The summed E-state index contributed by atoms with van der Waals surface area (Å²) in [6.45, 7) is 0.695. The predicted molar refractivity (Wildman–Crippen MR) is 63.2 cm³/mol. The second-order valence-corrected chi connectivity index (χ2v) is 3.64. The molecule has 0 saturated carbocycles. The molecule has 5 heteroatoms. The second-order valence-electron chi connectivity index (χ2n) is 3.64. The molecule has 94 valence electrons. The van der Waals surface area contributed by atoms with Crippen LogP contribution in [0.3, 0.4) is 0 Å². The quantitative estimate of drug-likeness (QED) is 0.651. The van der Waals surface area contributed by atoms with Gasteiger partial charge in [-0.25, -0.2) is 9.18 Å². The van der Waals surface area contributed by atoms with Crippen LogP contribution >= 0.6 is 0 Å². The SMILES string of the molecule is O=C(NCCO)NCCCc1cccc(F)c1. The van der Waals surface area contributed by atoms with Gasteiger partial charge in [0.15, 0.2) is 0 Å². The van der Waals surface area contributed by atoms with Gasteiger partial charge >= 0.3 is 6.03 Å². The summed E-state index contributed by atoms with van der Waals surface area (Å²) in [6.07, 6.45) is 1.47. The van der Waals surface area contributed by atoms with Crippen molar-refractivity contribution in [2.75, 3.05) is 19.7 Å². The first-order valence-corrected chi connectivity index (χ1v) is 5.59. The normalized spacial score (nSPS) is 10.0. The molecule has 3 N–H and O–H groups in total. The molecule has 0 aliphatic heterocycles. The number of aliphatic hydroxyl groups is 1. The van der Waals surface area contributed by atoms with Crippen LogP contribution < -0.4 is 10.6 Å². The second kappa shape index (κ2) is 7.62. The molecule has 0 aromatic heterocycles. The fourth-order valence-electron chi connectivity index (χ4n) is 1.42. The molecule has 0 spiro atoms. The van der Waals surface area contributed by atoms with Crippen LogP contribution in [0.25, 0.3) is 0 Å². The third-order valence-electron chi connectivity index (χ3n) is 2.21. The lowest BCUT2D eigenvalue weighted by Crippen LogP contribution is -2.37.